The molecule has 2 rings (SSSR count). The molecule has 20 heavy (non-hydrogen) atoms. The van der Waals surface area contributed by atoms with Crippen molar-refractivity contribution in [3.05, 3.63) is 29.8 Å². The van der Waals surface area contributed by atoms with E-state index in [9.17, 15) is 4.79 Å². The third-order valence-electron chi connectivity index (χ3n) is 3.49. The first-order chi connectivity index (χ1) is 9.60. The average Bonchev–Trinajstić information content (AvgIpc) is 2.47. The number of hydrogen-bond acceptors (Lipinski definition) is 3. The van der Waals surface area contributed by atoms with Gasteiger partial charge in [-0.2, -0.15) is 0 Å². The van der Waals surface area contributed by atoms with Crippen molar-refractivity contribution in [1.82, 2.24) is 4.90 Å². The molecule has 0 aliphatic carbocycles. The first-order valence-electron chi connectivity index (χ1n) is 7.13. The minimum absolute atomic E-state index is 0.0363. The van der Waals surface area contributed by atoms with E-state index in [2.05, 4.69) is 13.8 Å². The highest BCUT2D eigenvalue weighted by Crippen LogP contribution is 2.24. The lowest BCUT2D eigenvalue weighted by molar-refractivity contribution is -0.139. The van der Waals surface area contributed by atoms with Crippen LogP contribution in [-0.4, -0.2) is 37.6 Å². The Labute approximate surface area is 120 Å². The van der Waals surface area contributed by atoms with E-state index in [-0.39, 0.29) is 12.0 Å². The van der Waals surface area contributed by atoms with E-state index in [1.54, 1.807) is 7.11 Å². The van der Waals surface area contributed by atoms with E-state index in [4.69, 9.17) is 9.47 Å². The van der Waals surface area contributed by atoms with E-state index < -0.39 is 0 Å². The lowest BCUT2D eigenvalue weighted by atomic mass is 10.1. The lowest BCUT2D eigenvalue weighted by Gasteiger charge is -2.33. The molecule has 1 aromatic carbocycles. The van der Waals surface area contributed by atoms with Gasteiger partial charge in [0.05, 0.1) is 20.3 Å². The van der Waals surface area contributed by atoms with Crippen LogP contribution in [0.15, 0.2) is 24.3 Å². The minimum atomic E-state index is -0.0363. The molecule has 1 amide bonds. The molecule has 1 unspecified atom stereocenters. The number of carbonyl (C=O) groups excluding carboxylic acids is 1. The van der Waals surface area contributed by atoms with Crippen LogP contribution >= 0.6 is 0 Å². The fourth-order valence-corrected chi connectivity index (χ4v) is 2.37. The van der Waals surface area contributed by atoms with Gasteiger partial charge in [-0.25, -0.2) is 0 Å². The van der Waals surface area contributed by atoms with Crippen molar-refractivity contribution in [2.75, 3.05) is 26.8 Å². The summed E-state index contributed by atoms with van der Waals surface area (Å²) < 4.78 is 10.9. The van der Waals surface area contributed by atoms with Crippen LogP contribution in [0.3, 0.4) is 0 Å². The molecule has 0 radical (unpaired) electrons. The van der Waals surface area contributed by atoms with Crippen molar-refractivity contribution < 1.29 is 14.3 Å². The van der Waals surface area contributed by atoms with Gasteiger partial charge in [0.1, 0.15) is 11.9 Å². The van der Waals surface area contributed by atoms with Crippen molar-refractivity contribution >= 4 is 5.91 Å². The molecular formula is C16H23NO3. The van der Waals surface area contributed by atoms with Crippen molar-refractivity contribution in [2.24, 2.45) is 5.92 Å². The van der Waals surface area contributed by atoms with Crippen molar-refractivity contribution in [3.63, 3.8) is 0 Å². The number of benzene rings is 1. The summed E-state index contributed by atoms with van der Waals surface area (Å²) in [7, 11) is 1.65. The zero-order valence-electron chi connectivity index (χ0n) is 12.5. The van der Waals surface area contributed by atoms with E-state index >= 15 is 0 Å². The quantitative estimate of drug-likeness (QED) is 0.849. The first-order valence-corrected chi connectivity index (χ1v) is 7.13. The van der Waals surface area contributed by atoms with E-state index in [1.807, 2.05) is 29.2 Å². The molecule has 110 valence electrons. The van der Waals surface area contributed by atoms with E-state index in [1.165, 1.54) is 0 Å². The van der Waals surface area contributed by atoms with Crippen molar-refractivity contribution in [3.8, 4) is 5.75 Å². The van der Waals surface area contributed by atoms with Crippen LogP contribution in [0.4, 0.5) is 0 Å². The van der Waals surface area contributed by atoms with Gasteiger partial charge in [-0.1, -0.05) is 26.0 Å². The number of ether oxygens (including phenoxy) is 2. The predicted molar refractivity (Wildman–Crippen MR) is 77.7 cm³/mol. The van der Waals surface area contributed by atoms with Gasteiger partial charge in [0.25, 0.3) is 0 Å². The molecule has 1 atom stereocenters. The summed E-state index contributed by atoms with van der Waals surface area (Å²) in [5.74, 6) is 1.45. The zero-order valence-corrected chi connectivity index (χ0v) is 12.5. The van der Waals surface area contributed by atoms with Crippen LogP contribution in [0.2, 0.25) is 0 Å². The van der Waals surface area contributed by atoms with Crippen LogP contribution in [-0.2, 0) is 9.53 Å². The Morgan fingerprint density at radius 3 is 2.70 bits per heavy atom. The molecule has 1 heterocycles. The molecule has 1 saturated heterocycles. The van der Waals surface area contributed by atoms with Crippen molar-refractivity contribution in [1.29, 1.82) is 0 Å². The second-order valence-corrected chi connectivity index (χ2v) is 5.57. The number of nitrogens with zero attached hydrogens (tertiary/aromatic N) is 1. The molecule has 0 aromatic heterocycles. The Hall–Kier alpha value is -1.55. The number of amides is 1. The van der Waals surface area contributed by atoms with Gasteiger partial charge in [-0.15, -0.1) is 0 Å². The summed E-state index contributed by atoms with van der Waals surface area (Å²) in [6, 6.07) is 7.85. The summed E-state index contributed by atoms with van der Waals surface area (Å²) >= 11 is 0. The number of carbonyl (C=O) groups is 1. The molecule has 1 aromatic rings. The topological polar surface area (TPSA) is 38.8 Å². The Morgan fingerprint density at radius 2 is 2.10 bits per heavy atom. The number of morpholine rings is 1. The van der Waals surface area contributed by atoms with Crippen LogP contribution in [0.5, 0.6) is 5.75 Å². The predicted octanol–water partition coefficient (Wildman–Crippen LogP) is 2.64. The van der Waals surface area contributed by atoms with Gasteiger partial charge in [-0.05, 0) is 23.6 Å². The van der Waals surface area contributed by atoms with E-state index in [0.29, 0.717) is 32.0 Å². The van der Waals surface area contributed by atoms with Gasteiger partial charge >= 0.3 is 0 Å². The first kappa shape index (κ1) is 14.9. The second-order valence-electron chi connectivity index (χ2n) is 5.57. The van der Waals surface area contributed by atoms with Crippen LogP contribution in [0, 0.1) is 5.92 Å². The fourth-order valence-electron chi connectivity index (χ4n) is 2.37. The molecule has 0 saturated carbocycles. The maximum Gasteiger partial charge on any atom is 0.223 e. The highest BCUT2D eigenvalue weighted by Gasteiger charge is 2.25. The van der Waals surface area contributed by atoms with Crippen LogP contribution in [0.1, 0.15) is 31.9 Å². The minimum Gasteiger partial charge on any atom is -0.497 e. The highest BCUT2D eigenvalue weighted by atomic mass is 16.5. The normalized spacial score (nSPS) is 19.2. The molecule has 4 heteroatoms. The van der Waals surface area contributed by atoms with Crippen molar-refractivity contribution in [2.45, 2.75) is 26.4 Å². The molecule has 4 nitrogen and oxygen atoms in total. The largest absolute Gasteiger partial charge is 0.497 e. The third kappa shape index (κ3) is 3.73. The molecule has 1 aliphatic heterocycles. The smallest absolute Gasteiger partial charge is 0.223 e. The van der Waals surface area contributed by atoms with Gasteiger partial charge < -0.3 is 14.4 Å². The van der Waals surface area contributed by atoms with Gasteiger partial charge in [0, 0.05) is 13.0 Å². The van der Waals surface area contributed by atoms with Crippen LogP contribution in [0.25, 0.3) is 0 Å². The Balaban J connectivity index is 2.00. The fraction of sp³-hybridized carbons (Fsp3) is 0.562. The third-order valence-corrected chi connectivity index (χ3v) is 3.49. The Morgan fingerprint density at radius 1 is 1.40 bits per heavy atom. The molecular weight excluding hydrogens is 254 g/mol. The lowest BCUT2D eigenvalue weighted by Crippen LogP contribution is -2.42. The summed E-state index contributed by atoms with van der Waals surface area (Å²) in [4.78, 5) is 14.1. The molecule has 0 N–H and O–H groups in total. The highest BCUT2D eigenvalue weighted by molar-refractivity contribution is 5.76. The SMILES string of the molecule is COc1ccc(C2CN(C(=O)CC(C)C)CCO2)cc1. The standard InChI is InChI=1S/C16H23NO3/c1-12(2)10-16(18)17-8-9-20-15(11-17)13-4-6-14(19-3)7-5-13/h4-7,12,15H,8-11H2,1-3H3. The summed E-state index contributed by atoms with van der Waals surface area (Å²) in [6.07, 6.45) is 0.570. The maximum absolute atomic E-state index is 12.1. The molecule has 1 aliphatic rings. The number of hydrogen-bond donors (Lipinski definition) is 0. The van der Waals surface area contributed by atoms with Gasteiger partial charge in [0.2, 0.25) is 5.91 Å². The van der Waals surface area contributed by atoms with Gasteiger partial charge in [0.15, 0.2) is 0 Å². The maximum atomic E-state index is 12.1. The monoisotopic (exact) mass is 277 g/mol. The average molecular weight is 277 g/mol. The number of methoxy groups -OCH3 is 1. The molecule has 0 spiro atoms. The van der Waals surface area contributed by atoms with Crippen LogP contribution < -0.4 is 4.74 Å². The molecule has 1 fully saturated rings. The Kier molecular flexibility index (Phi) is 5.01. The number of rotatable bonds is 4. The second kappa shape index (κ2) is 6.75. The summed E-state index contributed by atoms with van der Waals surface area (Å²) in [6.45, 7) is 6.06. The van der Waals surface area contributed by atoms with E-state index in [0.717, 1.165) is 11.3 Å². The Bertz CT molecular complexity index is 442. The van der Waals surface area contributed by atoms with Gasteiger partial charge in [-0.3, -0.25) is 4.79 Å². The zero-order chi connectivity index (χ0) is 14.5. The summed E-state index contributed by atoms with van der Waals surface area (Å²) in [5, 5.41) is 0. The molecule has 0 bridgehead atoms. The summed E-state index contributed by atoms with van der Waals surface area (Å²) in [5.41, 5.74) is 1.09.